The van der Waals surface area contributed by atoms with Crippen LogP contribution in [0.15, 0.2) is 48.5 Å². The van der Waals surface area contributed by atoms with Crippen LogP contribution in [-0.4, -0.2) is 23.8 Å². The van der Waals surface area contributed by atoms with Gasteiger partial charge in [0, 0.05) is 32.6 Å². The molecule has 5 heteroatoms. The highest BCUT2D eigenvalue weighted by Crippen LogP contribution is 2.11. The van der Waals surface area contributed by atoms with Crippen LogP contribution in [0.4, 0.5) is 0 Å². The van der Waals surface area contributed by atoms with E-state index >= 15 is 0 Å². The van der Waals surface area contributed by atoms with Crippen molar-refractivity contribution in [3.63, 3.8) is 0 Å². The van der Waals surface area contributed by atoms with Crippen molar-refractivity contribution in [2.75, 3.05) is 7.05 Å². The van der Waals surface area contributed by atoms with Gasteiger partial charge >= 0.3 is 0 Å². The van der Waals surface area contributed by atoms with Gasteiger partial charge in [-0.15, -0.1) is 0 Å². The first-order chi connectivity index (χ1) is 11.5. The number of carbonyl (C=O) groups is 2. The molecule has 0 aliphatic rings. The van der Waals surface area contributed by atoms with E-state index in [0.29, 0.717) is 24.2 Å². The van der Waals surface area contributed by atoms with E-state index in [1.54, 1.807) is 36.2 Å². The molecule has 2 amide bonds. The van der Waals surface area contributed by atoms with Crippen molar-refractivity contribution in [1.82, 2.24) is 10.2 Å². The molecule has 0 saturated carbocycles. The molecular weight excluding hydrogens is 302 g/mol. The van der Waals surface area contributed by atoms with Crippen molar-refractivity contribution < 1.29 is 9.59 Å². The number of nitrogens with one attached hydrogen (secondary N) is 1. The number of benzene rings is 2. The first-order valence-corrected chi connectivity index (χ1v) is 7.57. The van der Waals surface area contributed by atoms with E-state index in [0.717, 1.165) is 11.1 Å². The third kappa shape index (κ3) is 4.68. The average Bonchev–Trinajstić information content (AvgIpc) is 2.60. The maximum absolute atomic E-state index is 12.5. The highest BCUT2D eigenvalue weighted by Gasteiger charge is 2.12. The normalized spacial score (nSPS) is 9.88. The van der Waals surface area contributed by atoms with Gasteiger partial charge < -0.3 is 10.2 Å². The van der Waals surface area contributed by atoms with E-state index in [-0.39, 0.29) is 11.8 Å². The lowest BCUT2D eigenvalue weighted by Gasteiger charge is -2.17. The third-order valence-electron chi connectivity index (χ3n) is 3.59. The van der Waals surface area contributed by atoms with Crippen molar-refractivity contribution in [3.05, 3.63) is 70.8 Å². The van der Waals surface area contributed by atoms with Crippen LogP contribution in [0, 0.1) is 11.3 Å². The average molecular weight is 321 g/mol. The Morgan fingerprint density at radius 1 is 1.04 bits per heavy atom. The molecule has 0 aliphatic heterocycles. The number of carbonyl (C=O) groups excluding carboxylic acids is 2. The Bertz CT molecular complexity index is 759. The fourth-order valence-corrected chi connectivity index (χ4v) is 2.24. The fraction of sp³-hybridized carbons (Fsp3) is 0.211. The van der Waals surface area contributed by atoms with E-state index in [1.165, 1.54) is 6.92 Å². The first kappa shape index (κ1) is 17.2. The molecule has 0 heterocycles. The first-order valence-electron chi connectivity index (χ1n) is 7.57. The highest BCUT2D eigenvalue weighted by molar-refractivity contribution is 5.94. The summed E-state index contributed by atoms with van der Waals surface area (Å²) in [6.45, 7) is 2.39. The molecule has 5 nitrogen and oxygen atoms in total. The van der Waals surface area contributed by atoms with Crippen molar-refractivity contribution in [3.8, 4) is 6.07 Å². The maximum atomic E-state index is 12.5. The number of rotatable bonds is 5. The molecule has 2 aromatic carbocycles. The van der Waals surface area contributed by atoms with Crippen molar-refractivity contribution in [2.45, 2.75) is 20.0 Å². The molecule has 24 heavy (non-hydrogen) atoms. The van der Waals surface area contributed by atoms with E-state index < -0.39 is 0 Å². The summed E-state index contributed by atoms with van der Waals surface area (Å²) in [5, 5.41) is 11.5. The molecule has 0 aromatic heterocycles. The Hall–Kier alpha value is -3.13. The van der Waals surface area contributed by atoms with Crippen molar-refractivity contribution in [2.24, 2.45) is 0 Å². The molecule has 0 radical (unpaired) electrons. The molecule has 0 atom stereocenters. The zero-order valence-electron chi connectivity index (χ0n) is 13.7. The SMILES string of the molecule is CC(=O)NCc1ccc(C(=O)N(C)Cc2ccc(C#N)cc2)cc1. The number of nitriles is 1. The second-order valence-electron chi connectivity index (χ2n) is 5.58. The Morgan fingerprint density at radius 3 is 2.17 bits per heavy atom. The largest absolute Gasteiger partial charge is 0.352 e. The van der Waals surface area contributed by atoms with Gasteiger partial charge in [0.15, 0.2) is 0 Å². The molecule has 2 rings (SSSR count). The van der Waals surface area contributed by atoms with Crippen LogP contribution >= 0.6 is 0 Å². The van der Waals surface area contributed by atoms with Crippen LogP contribution in [0.5, 0.6) is 0 Å². The Labute approximate surface area is 141 Å². The zero-order chi connectivity index (χ0) is 17.5. The molecule has 0 fully saturated rings. The standard InChI is InChI=1S/C19H19N3O2/c1-14(23)21-12-16-7-9-18(10-8-16)19(24)22(2)13-17-5-3-15(11-20)4-6-17/h3-10H,12-13H2,1-2H3,(H,21,23). The predicted octanol–water partition coefficient (Wildman–Crippen LogP) is 2.47. The van der Waals surface area contributed by atoms with Crippen molar-refractivity contribution >= 4 is 11.8 Å². The summed E-state index contributed by atoms with van der Waals surface area (Å²) in [4.78, 5) is 25.0. The quantitative estimate of drug-likeness (QED) is 0.919. The van der Waals surface area contributed by atoms with Gasteiger partial charge in [-0.2, -0.15) is 5.26 Å². The topological polar surface area (TPSA) is 73.2 Å². The third-order valence-corrected chi connectivity index (χ3v) is 3.59. The lowest BCUT2D eigenvalue weighted by Crippen LogP contribution is -2.26. The minimum absolute atomic E-state index is 0.0783. The molecule has 0 bridgehead atoms. The summed E-state index contributed by atoms with van der Waals surface area (Å²) in [5.41, 5.74) is 3.10. The predicted molar refractivity (Wildman–Crippen MR) is 90.9 cm³/mol. The van der Waals surface area contributed by atoms with E-state index in [4.69, 9.17) is 5.26 Å². The number of hydrogen-bond acceptors (Lipinski definition) is 3. The highest BCUT2D eigenvalue weighted by atomic mass is 16.2. The molecule has 0 spiro atoms. The second-order valence-corrected chi connectivity index (χ2v) is 5.58. The van der Waals surface area contributed by atoms with Crippen LogP contribution in [0.25, 0.3) is 0 Å². The monoisotopic (exact) mass is 321 g/mol. The van der Waals surface area contributed by atoms with Gasteiger partial charge in [-0.3, -0.25) is 9.59 Å². The maximum Gasteiger partial charge on any atom is 0.253 e. The van der Waals surface area contributed by atoms with Crippen LogP contribution in [-0.2, 0) is 17.9 Å². The summed E-state index contributed by atoms with van der Waals surface area (Å²) in [6.07, 6.45) is 0. The summed E-state index contributed by atoms with van der Waals surface area (Å²) >= 11 is 0. The van der Waals surface area contributed by atoms with Gasteiger partial charge in [-0.25, -0.2) is 0 Å². The molecule has 122 valence electrons. The van der Waals surface area contributed by atoms with Gasteiger partial charge in [0.1, 0.15) is 0 Å². The number of amides is 2. The van der Waals surface area contributed by atoms with Crippen molar-refractivity contribution in [1.29, 1.82) is 5.26 Å². The van der Waals surface area contributed by atoms with Gasteiger partial charge in [0.2, 0.25) is 5.91 Å². The lowest BCUT2D eigenvalue weighted by molar-refractivity contribution is -0.119. The molecular formula is C19H19N3O2. The lowest BCUT2D eigenvalue weighted by atomic mass is 10.1. The van der Waals surface area contributed by atoms with Crippen LogP contribution < -0.4 is 5.32 Å². The van der Waals surface area contributed by atoms with E-state index in [1.807, 2.05) is 24.3 Å². The molecule has 0 saturated heterocycles. The Balaban J connectivity index is 1.99. The number of hydrogen-bond donors (Lipinski definition) is 1. The zero-order valence-corrected chi connectivity index (χ0v) is 13.7. The fourth-order valence-electron chi connectivity index (χ4n) is 2.24. The van der Waals surface area contributed by atoms with Gasteiger partial charge in [-0.05, 0) is 35.4 Å². The van der Waals surface area contributed by atoms with Crippen LogP contribution in [0.2, 0.25) is 0 Å². The summed E-state index contributed by atoms with van der Waals surface area (Å²) < 4.78 is 0. The van der Waals surface area contributed by atoms with E-state index in [2.05, 4.69) is 11.4 Å². The Kier molecular flexibility index (Phi) is 5.69. The van der Waals surface area contributed by atoms with Gasteiger partial charge in [0.05, 0.1) is 11.6 Å². The minimum Gasteiger partial charge on any atom is -0.352 e. The number of nitrogens with zero attached hydrogens (tertiary/aromatic N) is 2. The van der Waals surface area contributed by atoms with Gasteiger partial charge in [0.25, 0.3) is 5.91 Å². The molecule has 0 aliphatic carbocycles. The summed E-state index contributed by atoms with van der Waals surface area (Å²) in [7, 11) is 1.74. The Morgan fingerprint density at radius 2 is 1.62 bits per heavy atom. The molecule has 1 N–H and O–H groups in total. The van der Waals surface area contributed by atoms with E-state index in [9.17, 15) is 9.59 Å². The molecule has 2 aromatic rings. The molecule has 0 unspecified atom stereocenters. The second kappa shape index (κ2) is 7.93. The van der Waals surface area contributed by atoms with Crippen LogP contribution in [0.1, 0.15) is 34.0 Å². The van der Waals surface area contributed by atoms with Gasteiger partial charge in [-0.1, -0.05) is 24.3 Å². The summed E-state index contributed by atoms with van der Waals surface area (Å²) in [6, 6.07) is 16.4. The summed E-state index contributed by atoms with van der Waals surface area (Å²) in [5.74, 6) is -0.164. The van der Waals surface area contributed by atoms with Crippen LogP contribution in [0.3, 0.4) is 0 Å². The minimum atomic E-state index is -0.0858. The smallest absolute Gasteiger partial charge is 0.253 e.